The third-order valence-electron chi connectivity index (χ3n) is 3.63. The lowest BCUT2D eigenvalue weighted by Crippen LogP contribution is -2.39. The molecule has 1 amide bonds. The Bertz CT molecular complexity index is 404. The summed E-state index contributed by atoms with van der Waals surface area (Å²) in [6, 6.07) is 0.155. The fourth-order valence-electron chi connectivity index (χ4n) is 2.10. The molecule has 1 aliphatic carbocycles. The van der Waals surface area contributed by atoms with Gasteiger partial charge in [0.2, 0.25) is 5.91 Å². The van der Waals surface area contributed by atoms with E-state index in [9.17, 15) is 9.59 Å². The quantitative estimate of drug-likeness (QED) is 0.622. The van der Waals surface area contributed by atoms with E-state index in [2.05, 4.69) is 18.5 Å². The third kappa shape index (κ3) is 4.83. The topological polar surface area (TPSA) is 55.4 Å². The molecule has 0 aromatic carbocycles. The Morgan fingerprint density at radius 3 is 2.15 bits per heavy atom. The van der Waals surface area contributed by atoms with Gasteiger partial charge in [0.05, 0.1) is 0 Å². The molecule has 4 heteroatoms. The summed E-state index contributed by atoms with van der Waals surface area (Å²) in [7, 11) is 0. The third-order valence-corrected chi connectivity index (χ3v) is 3.63. The van der Waals surface area contributed by atoms with Gasteiger partial charge in [0.25, 0.3) is 0 Å². The molecular weight excluding hydrogens is 254 g/mol. The molecule has 0 aliphatic heterocycles. The maximum absolute atomic E-state index is 11.8. The molecule has 0 spiro atoms. The van der Waals surface area contributed by atoms with E-state index in [1.807, 2.05) is 13.8 Å². The smallest absolute Gasteiger partial charge is 0.333 e. The van der Waals surface area contributed by atoms with Crippen LogP contribution in [-0.2, 0) is 14.3 Å². The number of carbonyl (C=O) groups excluding carboxylic acids is 2. The molecule has 1 N–H and O–H groups in total. The van der Waals surface area contributed by atoms with Crippen LogP contribution in [0.15, 0.2) is 24.3 Å². The molecule has 1 rings (SSSR count). The Balaban J connectivity index is 2.36. The van der Waals surface area contributed by atoms with Crippen molar-refractivity contribution in [2.75, 3.05) is 0 Å². The second kappa shape index (κ2) is 7.27. The molecule has 0 atom stereocenters. The van der Waals surface area contributed by atoms with Crippen LogP contribution in [0.2, 0.25) is 0 Å². The molecule has 20 heavy (non-hydrogen) atoms. The minimum atomic E-state index is -0.297. The number of hydrogen-bond acceptors (Lipinski definition) is 3. The van der Waals surface area contributed by atoms with Crippen molar-refractivity contribution in [2.24, 2.45) is 5.92 Å². The molecule has 0 radical (unpaired) electrons. The zero-order valence-electron chi connectivity index (χ0n) is 12.7. The Morgan fingerprint density at radius 2 is 1.70 bits per heavy atom. The van der Waals surface area contributed by atoms with E-state index < -0.39 is 0 Å². The van der Waals surface area contributed by atoms with E-state index in [-0.39, 0.29) is 29.9 Å². The Kier molecular flexibility index (Phi) is 5.99. The average molecular weight is 279 g/mol. The number of ether oxygens (including phenoxy) is 1. The monoisotopic (exact) mass is 279 g/mol. The van der Waals surface area contributed by atoms with Gasteiger partial charge in [-0.15, -0.1) is 0 Å². The molecule has 0 aromatic rings. The SMILES string of the molecule is C=C(C)C(=O)NC1CCC(OC(=O)C(=C)C(C)C)CC1. The van der Waals surface area contributed by atoms with Crippen molar-refractivity contribution >= 4 is 11.9 Å². The van der Waals surface area contributed by atoms with Crippen LogP contribution in [0.1, 0.15) is 46.5 Å². The van der Waals surface area contributed by atoms with Gasteiger partial charge in [0, 0.05) is 17.2 Å². The van der Waals surface area contributed by atoms with Gasteiger partial charge in [-0.05, 0) is 38.5 Å². The highest BCUT2D eigenvalue weighted by atomic mass is 16.5. The number of amides is 1. The van der Waals surface area contributed by atoms with E-state index in [1.165, 1.54) is 0 Å². The number of hydrogen-bond donors (Lipinski definition) is 1. The predicted molar refractivity (Wildman–Crippen MR) is 79.1 cm³/mol. The van der Waals surface area contributed by atoms with Gasteiger partial charge in [0.15, 0.2) is 0 Å². The van der Waals surface area contributed by atoms with E-state index in [4.69, 9.17) is 4.74 Å². The van der Waals surface area contributed by atoms with Crippen molar-refractivity contribution in [3.05, 3.63) is 24.3 Å². The van der Waals surface area contributed by atoms with Crippen LogP contribution in [0.4, 0.5) is 0 Å². The molecule has 112 valence electrons. The molecule has 0 heterocycles. The van der Waals surface area contributed by atoms with Crippen LogP contribution in [0.25, 0.3) is 0 Å². The van der Waals surface area contributed by atoms with Gasteiger partial charge >= 0.3 is 5.97 Å². The summed E-state index contributed by atoms with van der Waals surface area (Å²) in [6.07, 6.45) is 3.14. The van der Waals surface area contributed by atoms with Crippen LogP contribution in [0.3, 0.4) is 0 Å². The first-order valence-corrected chi connectivity index (χ1v) is 7.17. The maximum Gasteiger partial charge on any atom is 0.333 e. The summed E-state index contributed by atoms with van der Waals surface area (Å²) in [5.74, 6) is -0.290. The molecule has 1 saturated carbocycles. The summed E-state index contributed by atoms with van der Waals surface area (Å²) < 4.78 is 5.45. The van der Waals surface area contributed by atoms with E-state index >= 15 is 0 Å². The summed E-state index contributed by atoms with van der Waals surface area (Å²) in [5, 5.41) is 2.94. The Hall–Kier alpha value is -1.58. The van der Waals surface area contributed by atoms with Crippen molar-refractivity contribution < 1.29 is 14.3 Å². The minimum absolute atomic E-state index is 0.0593. The van der Waals surface area contributed by atoms with Crippen molar-refractivity contribution in [1.82, 2.24) is 5.32 Å². The van der Waals surface area contributed by atoms with E-state index in [0.29, 0.717) is 11.1 Å². The highest BCUT2D eigenvalue weighted by molar-refractivity contribution is 5.92. The Labute approximate surface area is 121 Å². The van der Waals surface area contributed by atoms with Crippen LogP contribution >= 0.6 is 0 Å². The van der Waals surface area contributed by atoms with Gasteiger partial charge in [-0.25, -0.2) is 4.79 Å². The van der Waals surface area contributed by atoms with Crippen LogP contribution in [0.5, 0.6) is 0 Å². The molecule has 1 aliphatic rings. The summed E-state index contributed by atoms with van der Waals surface area (Å²) in [6.45, 7) is 12.9. The number of rotatable bonds is 5. The van der Waals surface area contributed by atoms with Gasteiger partial charge in [-0.2, -0.15) is 0 Å². The first kappa shape index (κ1) is 16.5. The molecule has 4 nitrogen and oxygen atoms in total. The molecule has 0 bridgehead atoms. The van der Waals surface area contributed by atoms with Gasteiger partial charge in [-0.3, -0.25) is 4.79 Å². The fourth-order valence-corrected chi connectivity index (χ4v) is 2.10. The van der Waals surface area contributed by atoms with E-state index in [0.717, 1.165) is 25.7 Å². The molecule has 0 aromatic heterocycles. The largest absolute Gasteiger partial charge is 0.459 e. The first-order valence-electron chi connectivity index (χ1n) is 7.17. The maximum atomic E-state index is 11.8. The number of carbonyl (C=O) groups is 2. The number of esters is 1. The van der Waals surface area contributed by atoms with Crippen molar-refractivity contribution in [3.8, 4) is 0 Å². The lowest BCUT2D eigenvalue weighted by molar-refractivity contribution is -0.146. The molecule has 0 unspecified atom stereocenters. The van der Waals surface area contributed by atoms with Crippen molar-refractivity contribution in [1.29, 1.82) is 0 Å². The Morgan fingerprint density at radius 1 is 1.15 bits per heavy atom. The lowest BCUT2D eigenvalue weighted by Gasteiger charge is -2.29. The molecule has 1 fully saturated rings. The summed E-state index contributed by atoms with van der Waals surface area (Å²) in [4.78, 5) is 23.3. The minimum Gasteiger partial charge on any atom is -0.459 e. The summed E-state index contributed by atoms with van der Waals surface area (Å²) in [5.41, 5.74) is 1.04. The lowest BCUT2D eigenvalue weighted by atomic mass is 9.92. The highest BCUT2D eigenvalue weighted by Gasteiger charge is 2.26. The summed E-state index contributed by atoms with van der Waals surface area (Å²) >= 11 is 0. The first-order chi connectivity index (χ1) is 9.31. The average Bonchev–Trinajstić information content (AvgIpc) is 2.39. The molecule has 0 saturated heterocycles. The van der Waals surface area contributed by atoms with Gasteiger partial charge < -0.3 is 10.1 Å². The van der Waals surface area contributed by atoms with E-state index in [1.54, 1.807) is 6.92 Å². The predicted octanol–water partition coefficient (Wildman–Crippen LogP) is 2.75. The molecular formula is C16H25NO3. The normalized spacial score (nSPS) is 22.2. The second-order valence-corrected chi connectivity index (χ2v) is 5.81. The van der Waals surface area contributed by atoms with Crippen molar-refractivity contribution in [3.63, 3.8) is 0 Å². The number of nitrogens with one attached hydrogen (secondary N) is 1. The zero-order chi connectivity index (χ0) is 15.3. The van der Waals surface area contributed by atoms with Gasteiger partial charge in [0.1, 0.15) is 6.10 Å². The van der Waals surface area contributed by atoms with Crippen LogP contribution in [0, 0.1) is 5.92 Å². The zero-order valence-corrected chi connectivity index (χ0v) is 12.7. The van der Waals surface area contributed by atoms with Gasteiger partial charge in [-0.1, -0.05) is 27.0 Å². The van der Waals surface area contributed by atoms with Crippen LogP contribution in [-0.4, -0.2) is 24.0 Å². The van der Waals surface area contributed by atoms with Crippen LogP contribution < -0.4 is 5.32 Å². The standard InChI is InChI=1S/C16H25NO3/c1-10(2)12(5)16(19)20-14-8-6-13(7-9-14)17-15(18)11(3)4/h10,13-14H,3,5-9H2,1-2,4H3,(H,17,18). The second-order valence-electron chi connectivity index (χ2n) is 5.81. The highest BCUT2D eigenvalue weighted by Crippen LogP contribution is 2.23. The fraction of sp³-hybridized carbons (Fsp3) is 0.625. The van der Waals surface area contributed by atoms with Crippen molar-refractivity contribution in [2.45, 2.75) is 58.6 Å².